The molecule has 2 rings (SSSR count). The summed E-state index contributed by atoms with van der Waals surface area (Å²) in [7, 11) is 0. The van der Waals surface area contributed by atoms with Crippen LogP contribution in [0.15, 0.2) is 30.3 Å². The highest BCUT2D eigenvalue weighted by Gasteiger charge is 2.04. The third-order valence-electron chi connectivity index (χ3n) is 2.05. The summed E-state index contributed by atoms with van der Waals surface area (Å²) < 4.78 is 12.6. The standard InChI is InChI=1S/C11H11FN4O/c1-7-6-10(16-15-7)14-11(17)13-9-4-2-8(12)3-5-9/h2-6H,1H3,(H3,13,14,15,16,17). The van der Waals surface area contributed by atoms with E-state index in [9.17, 15) is 9.18 Å². The van der Waals surface area contributed by atoms with E-state index in [4.69, 9.17) is 0 Å². The summed E-state index contributed by atoms with van der Waals surface area (Å²) in [6.07, 6.45) is 0. The summed E-state index contributed by atoms with van der Waals surface area (Å²) in [5.41, 5.74) is 1.36. The minimum Gasteiger partial charge on any atom is -0.308 e. The van der Waals surface area contributed by atoms with Gasteiger partial charge < -0.3 is 5.32 Å². The second kappa shape index (κ2) is 4.65. The molecule has 3 N–H and O–H groups in total. The minimum atomic E-state index is -0.428. The van der Waals surface area contributed by atoms with E-state index in [1.54, 1.807) is 6.07 Å². The van der Waals surface area contributed by atoms with Gasteiger partial charge in [0.15, 0.2) is 5.82 Å². The van der Waals surface area contributed by atoms with Gasteiger partial charge in [0.1, 0.15) is 5.82 Å². The fourth-order valence-electron chi connectivity index (χ4n) is 1.29. The molecular weight excluding hydrogens is 223 g/mol. The van der Waals surface area contributed by atoms with Crippen LogP contribution in [0.3, 0.4) is 0 Å². The van der Waals surface area contributed by atoms with E-state index < -0.39 is 6.03 Å². The molecule has 0 fully saturated rings. The number of amides is 2. The van der Waals surface area contributed by atoms with Crippen LogP contribution in [-0.4, -0.2) is 16.2 Å². The van der Waals surface area contributed by atoms with Crippen molar-refractivity contribution in [2.24, 2.45) is 0 Å². The average Bonchev–Trinajstić information content (AvgIpc) is 2.67. The predicted octanol–water partition coefficient (Wildman–Crippen LogP) is 2.50. The van der Waals surface area contributed by atoms with E-state index in [1.165, 1.54) is 24.3 Å². The lowest BCUT2D eigenvalue weighted by Crippen LogP contribution is -2.19. The van der Waals surface area contributed by atoms with Crippen LogP contribution in [0.25, 0.3) is 0 Å². The molecule has 0 spiro atoms. The molecular formula is C11H11FN4O. The maximum atomic E-state index is 12.6. The first-order chi connectivity index (χ1) is 8.13. The zero-order chi connectivity index (χ0) is 12.3. The third kappa shape index (κ3) is 3.04. The van der Waals surface area contributed by atoms with Crippen molar-refractivity contribution in [3.63, 3.8) is 0 Å². The van der Waals surface area contributed by atoms with Crippen LogP contribution in [-0.2, 0) is 0 Å². The van der Waals surface area contributed by atoms with E-state index in [1.807, 2.05) is 6.92 Å². The molecule has 2 amide bonds. The van der Waals surface area contributed by atoms with Crippen molar-refractivity contribution in [3.8, 4) is 0 Å². The Labute approximate surface area is 97.0 Å². The molecule has 17 heavy (non-hydrogen) atoms. The van der Waals surface area contributed by atoms with Crippen LogP contribution in [0.5, 0.6) is 0 Å². The highest BCUT2D eigenvalue weighted by atomic mass is 19.1. The highest BCUT2D eigenvalue weighted by molar-refractivity contribution is 5.99. The number of aromatic amines is 1. The molecule has 1 aromatic heterocycles. The Morgan fingerprint density at radius 3 is 2.59 bits per heavy atom. The average molecular weight is 234 g/mol. The number of hydrogen-bond acceptors (Lipinski definition) is 2. The fraction of sp³-hybridized carbons (Fsp3) is 0.0909. The molecule has 0 bridgehead atoms. The van der Waals surface area contributed by atoms with E-state index in [0.29, 0.717) is 11.5 Å². The lowest BCUT2D eigenvalue weighted by molar-refractivity contribution is 0.262. The Bertz CT molecular complexity index is 521. The number of carbonyl (C=O) groups excluding carboxylic acids is 1. The number of aromatic nitrogens is 2. The molecule has 1 heterocycles. The van der Waals surface area contributed by atoms with E-state index in [-0.39, 0.29) is 5.82 Å². The van der Waals surface area contributed by atoms with Crippen molar-refractivity contribution in [1.29, 1.82) is 0 Å². The van der Waals surface area contributed by atoms with Crippen LogP contribution < -0.4 is 10.6 Å². The molecule has 0 aliphatic heterocycles. The van der Waals surface area contributed by atoms with Crippen molar-refractivity contribution >= 4 is 17.5 Å². The summed E-state index contributed by atoms with van der Waals surface area (Å²) in [5, 5.41) is 11.7. The number of carbonyl (C=O) groups is 1. The molecule has 0 saturated carbocycles. The quantitative estimate of drug-likeness (QED) is 0.747. The van der Waals surface area contributed by atoms with E-state index >= 15 is 0 Å². The molecule has 2 aromatic rings. The van der Waals surface area contributed by atoms with Gasteiger partial charge in [-0.25, -0.2) is 9.18 Å². The van der Waals surface area contributed by atoms with Gasteiger partial charge >= 0.3 is 6.03 Å². The molecule has 0 atom stereocenters. The van der Waals surface area contributed by atoms with Gasteiger partial charge in [-0.05, 0) is 31.2 Å². The summed E-state index contributed by atoms with van der Waals surface area (Å²) in [4.78, 5) is 11.5. The monoisotopic (exact) mass is 234 g/mol. The van der Waals surface area contributed by atoms with Gasteiger partial charge in [0.25, 0.3) is 0 Å². The largest absolute Gasteiger partial charge is 0.324 e. The predicted molar refractivity (Wildman–Crippen MR) is 62.4 cm³/mol. The zero-order valence-electron chi connectivity index (χ0n) is 9.12. The number of halogens is 1. The van der Waals surface area contributed by atoms with Gasteiger partial charge in [-0.2, -0.15) is 5.10 Å². The Morgan fingerprint density at radius 2 is 2.00 bits per heavy atom. The first-order valence-corrected chi connectivity index (χ1v) is 4.99. The molecule has 0 saturated heterocycles. The first-order valence-electron chi connectivity index (χ1n) is 4.99. The van der Waals surface area contributed by atoms with Crippen molar-refractivity contribution < 1.29 is 9.18 Å². The number of hydrogen-bond donors (Lipinski definition) is 3. The second-order valence-electron chi connectivity index (χ2n) is 3.52. The van der Waals surface area contributed by atoms with Gasteiger partial charge in [-0.3, -0.25) is 10.4 Å². The summed E-state index contributed by atoms with van der Waals surface area (Å²) in [5.74, 6) is 0.0843. The molecule has 0 aliphatic rings. The first kappa shape index (κ1) is 11.1. The fourth-order valence-corrected chi connectivity index (χ4v) is 1.29. The number of benzene rings is 1. The lowest BCUT2D eigenvalue weighted by atomic mass is 10.3. The normalized spacial score (nSPS) is 10.0. The zero-order valence-corrected chi connectivity index (χ0v) is 9.12. The van der Waals surface area contributed by atoms with Crippen molar-refractivity contribution in [2.75, 3.05) is 10.6 Å². The summed E-state index contributed by atoms with van der Waals surface area (Å²) >= 11 is 0. The van der Waals surface area contributed by atoms with Crippen molar-refractivity contribution in [3.05, 3.63) is 41.8 Å². The minimum absolute atomic E-state index is 0.348. The molecule has 1 aromatic carbocycles. The Kier molecular flexibility index (Phi) is 3.04. The Hall–Kier alpha value is -2.37. The Morgan fingerprint density at radius 1 is 1.29 bits per heavy atom. The van der Waals surface area contributed by atoms with Crippen LogP contribution in [0.1, 0.15) is 5.69 Å². The second-order valence-corrected chi connectivity index (χ2v) is 3.52. The number of nitrogens with zero attached hydrogens (tertiary/aromatic N) is 1. The number of rotatable bonds is 2. The van der Waals surface area contributed by atoms with Crippen LogP contribution in [0, 0.1) is 12.7 Å². The number of aryl methyl sites for hydroxylation is 1. The van der Waals surface area contributed by atoms with Crippen molar-refractivity contribution in [1.82, 2.24) is 10.2 Å². The van der Waals surface area contributed by atoms with E-state index in [0.717, 1.165) is 5.69 Å². The number of urea groups is 1. The third-order valence-corrected chi connectivity index (χ3v) is 2.05. The van der Waals surface area contributed by atoms with Crippen molar-refractivity contribution in [2.45, 2.75) is 6.92 Å². The molecule has 0 radical (unpaired) electrons. The maximum Gasteiger partial charge on any atom is 0.324 e. The van der Waals surface area contributed by atoms with E-state index in [2.05, 4.69) is 20.8 Å². The maximum absolute atomic E-state index is 12.6. The van der Waals surface area contributed by atoms with Crippen LogP contribution in [0.2, 0.25) is 0 Å². The summed E-state index contributed by atoms with van der Waals surface area (Å²) in [6, 6.07) is 6.77. The molecule has 5 nitrogen and oxygen atoms in total. The summed E-state index contributed by atoms with van der Waals surface area (Å²) in [6.45, 7) is 1.83. The van der Waals surface area contributed by atoms with Gasteiger partial charge in [0, 0.05) is 17.4 Å². The number of nitrogens with one attached hydrogen (secondary N) is 3. The molecule has 6 heteroatoms. The van der Waals surface area contributed by atoms with Crippen LogP contribution >= 0.6 is 0 Å². The lowest BCUT2D eigenvalue weighted by Gasteiger charge is -2.04. The van der Waals surface area contributed by atoms with Gasteiger partial charge in [0.2, 0.25) is 0 Å². The number of H-pyrrole nitrogens is 1. The smallest absolute Gasteiger partial charge is 0.308 e. The SMILES string of the molecule is Cc1cc(NC(=O)Nc2ccc(F)cc2)n[nH]1. The number of anilines is 2. The molecule has 0 unspecified atom stereocenters. The van der Waals surface area contributed by atoms with Gasteiger partial charge in [-0.1, -0.05) is 0 Å². The highest BCUT2D eigenvalue weighted by Crippen LogP contribution is 2.09. The molecule has 88 valence electrons. The van der Waals surface area contributed by atoms with Gasteiger partial charge in [-0.15, -0.1) is 0 Å². The Balaban J connectivity index is 1.95. The molecule has 0 aliphatic carbocycles. The topological polar surface area (TPSA) is 69.8 Å². The van der Waals surface area contributed by atoms with Crippen LogP contribution in [0.4, 0.5) is 20.7 Å². The van der Waals surface area contributed by atoms with Gasteiger partial charge in [0.05, 0.1) is 0 Å².